The van der Waals surface area contributed by atoms with E-state index in [-0.39, 0.29) is 36.5 Å². The summed E-state index contributed by atoms with van der Waals surface area (Å²) in [6, 6.07) is 19.4. The van der Waals surface area contributed by atoms with E-state index in [1.807, 2.05) is 24.3 Å². The monoisotopic (exact) mass is 580 g/mol. The highest BCUT2D eigenvalue weighted by atomic mass is 32.2. The van der Waals surface area contributed by atoms with E-state index in [1.165, 1.54) is 57.6 Å². The second-order valence-corrected chi connectivity index (χ2v) is 11.8. The molecule has 2 heterocycles. The van der Waals surface area contributed by atoms with Gasteiger partial charge in [-0.1, -0.05) is 96.5 Å². The Balaban J connectivity index is 1.28. The number of amides is 2. The summed E-state index contributed by atoms with van der Waals surface area (Å²) in [5, 5.41) is 0. The smallest absolute Gasteiger partial charge is 0.266 e. The SMILES string of the molecule is O=C1/C(=C/c2ccc(F)cc2)SC(=S)N1Cc1cccc(CN2C(=O)/C(=C/c3ccc(F)cc3)SC2=S)c1. The molecule has 2 amide bonds. The van der Waals surface area contributed by atoms with Gasteiger partial charge in [0.25, 0.3) is 11.8 Å². The topological polar surface area (TPSA) is 40.6 Å². The summed E-state index contributed by atoms with van der Waals surface area (Å²) in [5.74, 6) is -1.11. The first kappa shape index (κ1) is 26.4. The van der Waals surface area contributed by atoms with Crippen LogP contribution in [0.25, 0.3) is 12.2 Å². The molecule has 3 aromatic carbocycles. The van der Waals surface area contributed by atoms with Crippen LogP contribution < -0.4 is 0 Å². The molecule has 10 heteroatoms. The van der Waals surface area contributed by atoms with Crippen molar-refractivity contribution in [3.63, 3.8) is 0 Å². The van der Waals surface area contributed by atoms with Crippen LogP contribution >= 0.6 is 48.0 Å². The number of halogens is 2. The van der Waals surface area contributed by atoms with Gasteiger partial charge in [-0.3, -0.25) is 19.4 Å². The summed E-state index contributed by atoms with van der Waals surface area (Å²) in [6.45, 7) is 0.560. The van der Waals surface area contributed by atoms with Gasteiger partial charge in [-0.2, -0.15) is 0 Å². The zero-order valence-electron chi connectivity index (χ0n) is 19.6. The molecule has 0 saturated carbocycles. The molecule has 38 heavy (non-hydrogen) atoms. The van der Waals surface area contributed by atoms with E-state index in [1.54, 1.807) is 36.4 Å². The zero-order valence-corrected chi connectivity index (χ0v) is 22.9. The van der Waals surface area contributed by atoms with Crippen LogP contribution in [0.1, 0.15) is 22.3 Å². The van der Waals surface area contributed by atoms with E-state index in [0.717, 1.165) is 11.1 Å². The molecule has 0 spiro atoms. The number of rotatable bonds is 6. The number of hydrogen-bond donors (Lipinski definition) is 0. The predicted octanol–water partition coefficient (Wildman–Crippen LogP) is 6.77. The molecular formula is C28H18F2N2O2S4. The van der Waals surface area contributed by atoms with Gasteiger partial charge >= 0.3 is 0 Å². The second kappa shape index (κ2) is 11.3. The zero-order chi connectivity index (χ0) is 26.8. The van der Waals surface area contributed by atoms with Crippen LogP contribution in [0.15, 0.2) is 82.6 Å². The van der Waals surface area contributed by atoms with E-state index in [2.05, 4.69) is 0 Å². The predicted molar refractivity (Wildman–Crippen MR) is 157 cm³/mol. The number of hydrogen-bond acceptors (Lipinski definition) is 6. The van der Waals surface area contributed by atoms with Crippen LogP contribution in [0.2, 0.25) is 0 Å². The molecule has 4 nitrogen and oxygen atoms in total. The minimum absolute atomic E-state index is 0.211. The highest BCUT2D eigenvalue weighted by molar-refractivity contribution is 8.27. The molecule has 5 rings (SSSR count). The number of carbonyl (C=O) groups excluding carboxylic acids is 2. The van der Waals surface area contributed by atoms with E-state index in [0.29, 0.717) is 29.6 Å². The summed E-state index contributed by atoms with van der Waals surface area (Å²) < 4.78 is 27.3. The Morgan fingerprint density at radius 2 is 1.05 bits per heavy atom. The van der Waals surface area contributed by atoms with Gasteiger partial charge in [0, 0.05) is 0 Å². The van der Waals surface area contributed by atoms with Crippen molar-refractivity contribution in [1.29, 1.82) is 0 Å². The standard InChI is InChI=1S/C28H18F2N2O2S4/c29-21-8-4-17(5-9-21)13-23-25(33)31(27(35)37-23)15-19-2-1-3-20(12-19)16-32-26(34)24(38-28(32)36)14-18-6-10-22(30)11-7-18/h1-14H,15-16H2/b23-13-,24-14-. The van der Waals surface area contributed by atoms with Crippen LogP contribution in [0, 0.1) is 11.6 Å². The van der Waals surface area contributed by atoms with Gasteiger partial charge in [-0.05, 0) is 58.7 Å². The van der Waals surface area contributed by atoms with Gasteiger partial charge in [-0.25, -0.2) is 8.78 Å². The molecule has 0 aromatic heterocycles. The van der Waals surface area contributed by atoms with Crippen LogP contribution in [0.4, 0.5) is 8.78 Å². The van der Waals surface area contributed by atoms with Crippen molar-refractivity contribution in [2.24, 2.45) is 0 Å². The average Bonchev–Trinajstić information content (AvgIpc) is 3.31. The summed E-state index contributed by atoms with van der Waals surface area (Å²) in [4.78, 5) is 30.0. The summed E-state index contributed by atoms with van der Waals surface area (Å²) in [6.07, 6.45) is 3.40. The summed E-state index contributed by atoms with van der Waals surface area (Å²) in [7, 11) is 0. The highest BCUT2D eigenvalue weighted by Gasteiger charge is 2.33. The lowest BCUT2D eigenvalue weighted by molar-refractivity contribution is -0.123. The van der Waals surface area contributed by atoms with Crippen molar-refractivity contribution in [1.82, 2.24) is 9.80 Å². The Kier molecular flexibility index (Phi) is 7.85. The molecule has 0 unspecified atom stereocenters. The van der Waals surface area contributed by atoms with E-state index in [4.69, 9.17) is 24.4 Å². The van der Waals surface area contributed by atoms with Crippen molar-refractivity contribution < 1.29 is 18.4 Å². The third-order valence-electron chi connectivity index (χ3n) is 5.76. The maximum absolute atomic E-state index is 13.2. The molecule has 190 valence electrons. The fourth-order valence-corrected chi connectivity index (χ4v) is 6.40. The normalized spacial score (nSPS) is 17.9. The third kappa shape index (κ3) is 5.94. The third-order valence-corrected chi connectivity index (χ3v) is 8.51. The highest BCUT2D eigenvalue weighted by Crippen LogP contribution is 2.35. The lowest BCUT2D eigenvalue weighted by Gasteiger charge is -2.17. The number of benzene rings is 3. The molecule has 2 aliphatic rings. The Morgan fingerprint density at radius 1 is 0.658 bits per heavy atom. The number of thiocarbonyl (C=S) groups is 2. The molecule has 2 saturated heterocycles. The Morgan fingerprint density at radius 3 is 1.45 bits per heavy atom. The first-order valence-corrected chi connectivity index (χ1v) is 13.8. The number of thioether (sulfide) groups is 2. The van der Waals surface area contributed by atoms with E-state index in [9.17, 15) is 18.4 Å². The number of carbonyl (C=O) groups is 2. The van der Waals surface area contributed by atoms with Gasteiger partial charge in [0.15, 0.2) is 0 Å². The van der Waals surface area contributed by atoms with Crippen molar-refractivity contribution >= 4 is 80.6 Å². The molecule has 0 aliphatic carbocycles. The molecular weight excluding hydrogens is 563 g/mol. The quantitative estimate of drug-likeness (QED) is 0.237. The largest absolute Gasteiger partial charge is 0.288 e. The number of nitrogens with zero attached hydrogens (tertiary/aromatic N) is 2. The molecule has 2 aliphatic heterocycles. The van der Waals surface area contributed by atoms with Crippen molar-refractivity contribution in [2.45, 2.75) is 13.1 Å². The van der Waals surface area contributed by atoms with E-state index < -0.39 is 0 Å². The molecule has 0 N–H and O–H groups in total. The van der Waals surface area contributed by atoms with Gasteiger partial charge in [0.05, 0.1) is 22.9 Å². The second-order valence-electron chi connectivity index (χ2n) is 8.46. The Hall–Kier alpha value is -3.18. The van der Waals surface area contributed by atoms with Crippen LogP contribution in [0.3, 0.4) is 0 Å². The minimum atomic E-state index is -0.343. The minimum Gasteiger partial charge on any atom is -0.288 e. The lowest BCUT2D eigenvalue weighted by atomic mass is 10.1. The van der Waals surface area contributed by atoms with Gasteiger partial charge < -0.3 is 0 Å². The van der Waals surface area contributed by atoms with E-state index >= 15 is 0 Å². The first-order chi connectivity index (χ1) is 18.3. The Labute approximate surface area is 237 Å². The van der Waals surface area contributed by atoms with Gasteiger partial charge in [-0.15, -0.1) is 0 Å². The van der Waals surface area contributed by atoms with Crippen LogP contribution in [-0.2, 0) is 22.7 Å². The molecule has 0 bridgehead atoms. The fraction of sp³-hybridized carbons (Fsp3) is 0.0714. The average molecular weight is 581 g/mol. The summed E-state index contributed by atoms with van der Waals surface area (Å²) in [5.41, 5.74) is 3.14. The van der Waals surface area contributed by atoms with Crippen LogP contribution in [-0.4, -0.2) is 30.3 Å². The maximum Gasteiger partial charge on any atom is 0.266 e. The fourth-order valence-electron chi connectivity index (χ4n) is 3.88. The van der Waals surface area contributed by atoms with Crippen molar-refractivity contribution in [2.75, 3.05) is 0 Å². The molecule has 0 radical (unpaired) electrons. The molecule has 0 atom stereocenters. The molecule has 3 aromatic rings. The first-order valence-electron chi connectivity index (χ1n) is 11.4. The lowest BCUT2D eigenvalue weighted by Crippen LogP contribution is -2.28. The summed E-state index contributed by atoms with van der Waals surface area (Å²) >= 11 is 13.3. The Bertz CT molecular complexity index is 1410. The van der Waals surface area contributed by atoms with Crippen molar-refractivity contribution in [3.8, 4) is 0 Å². The van der Waals surface area contributed by atoms with Gasteiger partial charge in [0.1, 0.15) is 20.3 Å². The van der Waals surface area contributed by atoms with Crippen molar-refractivity contribution in [3.05, 3.63) is 116 Å². The molecule has 2 fully saturated rings. The maximum atomic E-state index is 13.2. The van der Waals surface area contributed by atoms with Gasteiger partial charge in [0.2, 0.25) is 0 Å². The van der Waals surface area contributed by atoms with Crippen LogP contribution in [0.5, 0.6) is 0 Å².